The van der Waals surface area contributed by atoms with Crippen molar-refractivity contribution in [1.82, 2.24) is 0 Å². The number of carbonyl (C=O) groups is 1. The second kappa shape index (κ2) is 6.31. The van der Waals surface area contributed by atoms with Gasteiger partial charge in [0.15, 0.2) is 0 Å². The van der Waals surface area contributed by atoms with Crippen LogP contribution in [0.2, 0.25) is 19.6 Å². The van der Waals surface area contributed by atoms with Crippen molar-refractivity contribution >= 4 is 14.3 Å². The third kappa shape index (κ3) is 4.38. The van der Waals surface area contributed by atoms with Crippen LogP contribution in [0.4, 0.5) is 13.2 Å². The number of benzene rings is 2. The van der Waals surface area contributed by atoms with Crippen LogP contribution >= 0.6 is 0 Å². The minimum Gasteiger partial charge on any atom is -0.544 e. The van der Waals surface area contributed by atoms with E-state index in [1.807, 2.05) is 19.6 Å². The maximum Gasteiger partial charge on any atom is 0.416 e. The molecule has 0 aliphatic carbocycles. The van der Waals surface area contributed by atoms with Gasteiger partial charge in [-0.2, -0.15) is 13.2 Å². The Morgan fingerprint density at radius 1 is 1.04 bits per heavy atom. The molecule has 2 aromatic rings. The number of halogens is 3. The lowest BCUT2D eigenvalue weighted by Gasteiger charge is -2.21. The van der Waals surface area contributed by atoms with Crippen LogP contribution in [0.25, 0.3) is 11.1 Å². The molecule has 0 aromatic heterocycles. The molecule has 3 nitrogen and oxygen atoms in total. The van der Waals surface area contributed by atoms with Crippen LogP contribution in [0, 0.1) is 0 Å². The van der Waals surface area contributed by atoms with Crippen LogP contribution in [-0.2, 0) is 6.18 Å². The van der Waals surface area contributed by atoms with E-state index < -0.39 is 26.0 Å². The maximum absolute atomic E-state index is 12.8. The summed E-state index contributed by atoms with van der Waals surface area (Å²) in [6, 6.07) is 9.19. The summed E-state index contributed by atoms with van der Waals surface area (Å²) in [6.45, 7) is 5.75. The molecular formula is C17H17F3O3Si. The zero-order valence-corrected chi connectivity index (χ0v) is 14.4. The molecule has 7 heteroatoms. The molecule has 0 radical (unpaired) electrons. The molecule has 0 bridgehead atoms. The molecule has 0 heterocycles. The van der Waals surface area contributed by atoms with E-state index in [9.17, 15) is 23.1 Å². The van der Waals surface area contributed by atoms with Crippen LogP contribution < -0.4 is 4.43 Å². The zero-order valence-electron chi connectivity index (χ0n) is 13.4. The number of rotatable bonds is 4. The van der Waals surface area contributed by atoms with Crippen molar-refractivity contribution in [3.05, 3.63) is 53.6 Å². The van der Waals surface area contributed by atoms with Gasteiger partial charge in [0.05, 0.1) is 5.56 Å². The Morgan fingerprint density at radius 3 is 2.21 bits per heavy atom. The van der Waals surface area contributed by atoms with E-state index in [1.165, 1.54) is 24.3 Å². The van der Waals surface area contributed by atoms with E-state index >= 15 is 0 Å². The van der Waals surface area contributed by atoms with Crippen LogP contribution in [0.1, 0.15) is 15.9 Å². The Labute approximate surface area is 138 Å². The van der Waals surface area contributed by atoms with Gasteiger partial charge in [-0.3, -0.25) is 0 Å². The zero-order chi connectivity index (χ0) is 18.1. The van der Waals surface area contributed by atoms with E-state index in [0.29, 0.717) is 11.1 Å². The molecule has 0 amide bonds. The van der Waals surface area contributed by atoms with Crippen molar-refractivity contribution in [3.8, 4) is 16.9 Å². The lowest BCUT2D eigenvalue weighted by atomic mass is 10.0. The molecule has 0 aliphatic rings. The van der Waals surface area contributed by atoms with Crippen molar-refractivity contribution in [2.45, 2.75) is 25.8 Å². The number of alkyl halides is 3. The van der Waals surface area contributed by atoms with Crippen molar-refractivity contribution in [2.24, 2.45) is 0 Å². The van der Waals surface area contributed by atoms with E-state index in [1.54, 1.807) is 6.07 Å². The van der Waals surface area contributed by atoms with Crippen LogP contribution in [0.15, 0.2) is 42.5 Å². The van der Waals surface area contributed by atoms with Crippen molar-refractivity contribution in [2.75, 3.05) is 0 Å². The van der Waals surface area contributed by atoms with E-state index in [2.05, 4.69) is 0 Å². The summed E-state index contributed by atoms with van der Waals surface area (Å²) in [5.74, 6) is -0.950. The smallest absolute Gasteiger partial charge is 0.416 e. The Balaban J connectivity index is 2.50. The Bertz CT molecular complexity index is 764. The lowest BCUT2D eigenvalue weighted by Crippen LogP contribution is -2.30. The molecule has 0 spiro atoms. The lowest BCUT2D eigenvalue weighted by molar-refractivity contribution is -0.137. The van der Waals surface area contributed by atoms with Crippen LogP contribution in [0.5, 0.6) is 5.75 Å². The minimum atomic E-state index is -4.45. The Kier molecular flexibility index (Phi) is 4.75. The second-order valence-corrected chi connectivity index (χ2v) is 10.7. The molecule has 128 valence electrons. The topological polar surface area (TPSA) is 46.5 Å². The van der Waals surface area contributed by atoms with Gasteiger partial charge in [-0.05, 0) is 55.0 Å². The molecule has 0 saturated heterocycles. The van der Waals surface area contributed by atoms with E-state index in [0.717, 1.165) is 12.1 Å². The number of carboxylic acids is 1. The maximum atomic E-state index is 12.8. The molecule has 0 atom stereocenters. The SMILES string of the molecule is C[Si](C)(C)Oc1ccc(-c2cccc(C(F)(F)F)c2)cc1C(=O)O. The average Bonchev–Trinajstić information content (AvgIpc) is 2.45. The number of hydrogen-bond donors (Lipinski definition) is 1. The van der Waals surface area contributed by atoms with Gasteiger partial charge in [-0.15, -0.1) is 0 Å². The largest absolute Gasteiger partial charge is 0.544 e. The Hall–Kier alpha value is -2.28. The fraction of sp³-hybridized carbons (Fsp3) is 0.235. The van der Waals surface area contributed by atoms with Gasteiger partial charge in [0.1, 0.15) is 11.3 Å². The first-order valence-corrected chi connectivity index (χ1v) is 10.6. The highest BCUT2D eigenvalue weighted by Crippen LogP contribution is 2.34. The molecule has 0 saturated carbocycles. The normalized spacial score (nSPS) is 12.1. The summed E-state index contributed by atoms with van der Waals surface area (Å²) in [4.78, 5) is 11.5. The minimum absolute atomic E-state index is 0.0627. The Morgan fingerprint density at radius 2 is 1.67 bits per heavy atom. The molecule has 0 aliphatic heterocycles. The molecule has 0 fully saturated rings. The highest BCUT2D eigenvalue weighted by atomic mass is 28.4. The van der Waals surface area contributed by atoms with Crippen LogP contribution in [-0.4, -0.2) is 19.4 Å². The third-order valence-electron chi connectivity index (χ3n) is 3.15. The first kappa shape index (κ1) is 18.1. The highest BCUT2D eigenvalue weighted by Gasteiger charge is 2.30. The second-order valence-electron chi connectivity index (χ2n) is 6.31. The summed E-state index contributed by atoms with van der Waals surface area (Å²) in [6.07, 6.45) is -4.45. The summed E-state index contributed by atoms with van der Waals surface area (Å²) in [5.41, 5.74) is -0.153. The number of carboxylic acid groups (broad SMARTS) is 1. The summed E-state index contributed by atoms with van der Waals surface area (Å²) >= 11 is 0. The highest BCUT2D eigenvalue weighted by molar-refractivity contribution is 6.70. The molecule has 2 aromatic carbocycles. The predicted molar refractivity (Wildman–Crippen MR) is 87.8 cm³/mol. The van der Waals surface area contributed by atoms with Gasteiger partial charge in [0.2, 0.25) is 8.32 Å². The fourth-order valence-corrected chi connectivity index (χ4v) is 3.01. The van der Waals surface area contributed by atoms with Crippen LogP contribution in [0.3, 0.4) is 0 Å². The number of hydrogen-bond acceptors (Lipinski definition) is 2. The van der Waals surface area contributed by atoms with Gasteiger partial charge in [-0.1, -0.05) is 18.2 Å². The van der Waals surface area contributed by atoms with E-state index in [4.69, 9.17) is 4.43 Å². The van der Waals surface area contributed by atoms with Gasteiger partial charge in [0.25, 0.3) is 0 Å². The fourth-order valence-electron chi connectivity index (χ4n) is 2.17. The van der Waals surface area contributed by atoms with Gasteiger partial charge < -0.3 is 9.53 Å². The molecule has 24 heavy (non-hydrogen) atoms. The van der Waals surface area contributed by atoms with Gasteiger partial charge in [-0.25, -0.2) is 4.79 Å². The van der Waals surface area contributed by atoms with Crippen molar-refractivity contribution in [3.63, 3.8) is 0 Å². The summed E-state index contributed by atoms with van der Waals surface area (Å²) < 4.78 is 44.2. The molecule has 2 rings (SSSR count). The molecular weight excluding hydrogens is 337 g/mol. The standard InChI is InChI=1S/C17H17F3O3Si/c1-24(2,3)23-15-8-7-12(10-14(15)16(21)22)11-5-4-6-13(9-11)17(18,19)20/h4-10H,1-3H3,(H,21,22). The number of aromatic carboxylic acids is 1. The van der Waals surface area contributed by atoms with Gasteiger partial charge >= 0.3 is 12.1 Å². The van der Waals surface area contributed by atoms with Crippen molar-refractivity contribution < 1.29 is 27.5 Å². The first-order valence-electron chi connectivity index (χ1n) is 7.21. The monoisotopic (exact) mass is 354 g/mol. The molecule has 0 unspecified atom stereocenters. The average molecular weight is 354 g/mol. The summed E-state index contributed by atoms with van der Waals surface area (Å²) in [5, 5.41) is 9.37. The first-order chi connectivity index (χ1) is 11.0. The predicted octanol–water partition coefficient (Wildman–Crippen LogP) is 5.28. The summed E-state index contributed by atoms with van der Waals surface area (Å²) in [7, 11) is -2.02. The van der Waals surface area contributed by atoms with E-state index in [-0.39, 0.29) is 11.3 Å². The van der Waals surface area contributed by atoms with Crippen molar-refractivity contribution in [1.29, 1.82) is 0 Å². The molecule has 1 N–H and O–H groups in total. The quantitative estimate of drug-likeness (QED) is 0.760. The third-order valence-corrected chi connectivity index (χ3v) is 3.98. The van der Waals surface area contributed by atoms with Gasteiger partial charge in [0, 0.05) is 0 Å².